The zero-order chi connectivity index (χ0) is 15.6. The van der Waals surface area contributed by atoms with Crippen LogP contribution in [0.4, 0.5) is 11.4 Å². The van der Waals surface area contributed by atoms with E-state index in [-0.39, 0.29) is 21.3 Å². The SMILES string of the molecule is COc1cc([N+](=O)[O-])ccc1NS(=O)(=O)c1sccc1Br. The number of hydrogen-bond acceptors (Lipinski definition) is 6. The Kier molecular flexibility index (Phi) is 4.49. The molecule has 0 spiro atoms. The van der Waals surface area contributed by atoms with Crippen molar-refractivity contribution < 1.29 is 18.1 Å². The number of ether oxygens (including phenoxy) is 1. The number of anilines is 1. The third kappa shape index (κ3) is 3.34. The zero-order valence-corrected chi connectivity index (χ0v) is 13.8. The number of methoxy groups -OCH3 is 1. The summed E-state index contributed by atoms with van der Waals surface area (Å²) >= 11 is 4.20. The molecule has 7 nitrogen and oxygen atoms in total. The van der Waals surface area contributed by atoms with Crippen LogP contribution in [0.15, 0.2) is 38.3 Å². The number of hydrogen-bond donors (Lipinski definition) is 1. The molecule has 1 aromatic carbocycles. The second kappa shape index (κ2) is 6.00. The van der Waals surface area contributed by atoms with Gasteiger partial charge < -0.3 is 4.74 Å². The van der Waals surface area contributed by atoms with Crippen LogP contribution in [0.5, 0.6) is 5.75 Å². The number of thiophene rings is 1. The van der Waals surface area contributed by atoms with E-state index < -0.39 is 14.9 Å². The summed E-state index contributed by atoms with van der Waals surface area (Å²) in [6, 6.07) is 5.26. The lowest BCUT2D eigenvalue weighted by Crippen LogP contribution is -2.12. The van der Waals surface area contributed by atoms with Crippen LogP contribution in [0, 0.1) is 10.1 Å². The Labute approximate surface area is 132 Å². The first-order valence-electron chi connectivity index (χ1n) is 5.43. The molecule has 2 aromatic rings. The van der Waals surface area contributed by atoms with Gasteiger partial charge in [0.15, 0.2) is 4.21 Å². The minimum absolute atomic E-state index is 0.0699. The van der Waals surface area contributed by atoms with Crippen molar-refractivity contribution in [3.05, 3.63) is 44.2 Å². The minimum Gasteiger partial charge on any atom is -0.494 e. The molecule has 0 bridgehead atoms. The van der Waals surface area contributed by atoms with E-state index in [0.29, 0.717) is 4.47 Å². The number of nitro groups is 1. The molecular weight excluding hydrogens is 384 g/mol. The molecule has 1 N–H and O–H groups in total. The van der Waals surface area contributed by atoms with Crippen LogP contribution < -0.4 is 9.46 Å². The fraction of sp³-hybridized carbons (Fsp3) is 0.0909. The van der Waals surface area contributed by atoms with E-state index in [1.807, 2.05) is 0 Å². The number of sulfonamides is 1. The van der Waals surface area contributed by atoms with Crippen molar-refractivity contribution in [1.29, 1.82) is 0 Å². The summed E-state index contributed by atoms with van der Waals surface area (Å²) in [6.07, 6.45) is 0. The van der Waals surface area contributed by atoms with Crippen molar-refractivity contribution in [2.45, 2.75) is 4.21 Å². The first kappa shape index (κ1) is 15.7. The summed E-state index contributed by atoms with van der Waals surface area (Å²) < 4.78 is 32.4. The molecule has 0 aliphatic carbocycles. The normalized spacial score (nSPS) is 11.1. The first-order chi connectivity index (χ1) is 9.85. The number of non-ortho nitro benzene ring substituents is 1. The molecule has 0 fully saturated rings. The topological polar surface area (TPSA) is 98.5 Å². The summed E-state index contributed by atoms with van der Waals surface area (Å²) in [6.45, 7) is 0. The van der Waals surface area contributed by atoms with Gasteiger partial charge in [0.1, 0.15) is 5.75 Å². The first-order valence-corrected chi connectivity index (χ1v) is 8.59. The van der Waals surface area contributed by atoms with E-state index in [2.05, 4.69) is 20.7 Å². The Balaban J connectivity index is 2.40. The number of benzene rings is 1. The third-order valence-corrected chi connectivity index (χ3v) is 6.50. The summed E-state index contributed by atoms with van der Waals surface area (Å²) in [7, 11) is -2.49. The minimum atomic E-state index is -3.79. The van der Waals surface area contributed by atoms with Gasteiger partial charge in [-0.15, -0.1) is 11.3 Å². The Morgan fingerprint density at radius 2 is 2.10 bits per heavy atom. The largest absolute Gasteiger partial charge is 0.494 e. The van der Waals surface area contributed by atoms with Gasteiger partial charge in [0.05, 0.1) is 23.8 Å². The van der Waals surface area contributed by atoms with Crippen molar-refractivity contribution in [3.63, 3.8) is 0 Å². The van der Waals surface area contributed by atoms with Gasteiger partial charge in [-0.1, -0.05) is 0 Å². The van der Waals surface area contributed by atoms with Gasteiger partial charge in [-0.3, -0.25) is 14.8 Å². The van der Waals surface area contributed by atoms with Crippen molar-refractivity contribution >= 4 is 48.7 Å². The molecule has 0 amide bonds. The molecule has 0 atom stereocenters. The molecule has 1 heterocycles. The highest BCUT2D eigenvalue weighted by molar-refractivity contribution is 9.10. The van der Waals surface area contributed by atoms with Gasteiger partial charge in [0.2, 0.25) is 0 Å². The Morgan fingerprint density at radius 1 is 1.38 bits per heavy atom. The highest BCUT2D eigenvalue weighted by Crippen LogP contribution is 2.33. The van der Waals surface area contributed by atoms with Gasteiger partial charge in [0.25, 0.3) is 15.7 Å². The summed E-state index contributed by atoms with van der Waals surface area (Å²) in [5, 5.41) is 12.3. The van der Waals surface area contributed by atoms with Crippen LogP contribution in [-0.4, -0.2) is 20.5 Å². The van der Waals surface area contributed by atoms with Crippen molar-refractivity contribution in [1.82, 2.24) is 0 Å². The van der Waals surface area contributed by atoms with Crippen LogP contribution in [0.1, 0.15) is 0 Å². The molecule has 0 saturated heterocycles. The van der Waals surface area contributed by atoms with Gasteiger partial charge >= 0.3 is 0 Å². The van der Waals surface area contributed by atoms with Gasteiger partial charge in [-0.2, -0.15) is 0 Å². The second-order valence-electron chi connectivity index (χ2n) is 3.80. The maximum atomic E-state index is 12.3. The van der Waals surface area contributed by atoms with Gasteiger partial charge in [0, 0.05) is 10.5 Å². The Hall–Kier alpha value is -1.65. The fourth-order valence-electron chi connectivity index (χ4n) is 1.54. The summed E-state index contributed by atoms with van der Waals surface area (Å²) in [5.41, 5.74) is -0.0597. The predicted molar refractivity (Wildman–Crippen MR) is 82.5 cm³/mol. The standard InChI is InChI=1S/C11H9BrN2O5S2/c1-19-10-6-7(14(15)16)2-3-9(10)13-21(17,18)11-8(12)4-5-20-11/h2-6,13H,1H3. The van der Waals surface area contributed by atoms with Crippen molar-refractivity contribution in [2.75, 3.05) is 11.8 Å². The molecular formula is C11H9BrN2O5S2. The quantitative estimate of drug-likeness (QED) is 0.621. The molecule has 0 aliphatic rings. The van der Waals surface area contributed by atoms with Crippen LogP contribution >= 0.6 is 27.3 Å². The van der Waals surface area contributed by atoms with Gasteiger partial charge in [-0.05, 0) is 33.4 Å². The number of rotatable bonds is 5. The predicted octanol–water partition coefficient (Wildman–Crippen LogP) is 3.23. The van der Waals surface area contributed by atoms with E-state index in [1.54, 1.807) is 11.4 Å². The van der Waals surface area contributed by atoms with E-state index in [0.717, 1.165) is 17.4 Å². The lowest BCUT2D eigenvalue weighted by Gasteiger charge is -2.11. The van der Waals surface area contributed by atoms with E-state index in [4.69, 9.17) is 4.74 Å². The molecule has 0 unspecified atom stereocenters. The lowest BCUT2D eigenvalue weighted by atomic mass is 10.2. The van der Waals surface area contributed by atoms with Crippen molar-refractivity contribution in [3.8, 4) is 5.75 Å². The second-order valence-corrected chi connectivity index (χ2v) is 7.45. The molecule has 10 heteroatoms. The van der Waals surface area contributed by atoms with Crippen LogP contribution in [0.2, 0.25) is 0 Å². The molecule has 0 radical (unpaired) electrons. The van der Waals surface area contributed by atoms with Gasteiger partial charge in [-0.25, -0.2) is 8.42 Å². The molecule has 21 heavy (non-hydrogen) atoms. The van der Waals surface area contributed by atoms with Crippen molar-refractivity contribution in [2.24, 2.45) is 0 Å². The zero-order valence-electron chi connectivity index (χ0n) is 10.6. The monoisotopic (exact) mass is 392 g/mol. The molecule has 1 aromatic heterocycles. The molecule has 112 valence electrons. The molecule has 2 rings (SSSR count). The Morgan fingerprint density at radius 3 is 2.62 bits per heavy atom. The maximum absolute atomic E-state index is 12.3. The fourth-order valence-corrected chi connectivity index (χ4v) is 4.95. The molecule has 0 saturated carbocycles. The highest BCUT2D eigenvalue weighted by Gasteiger charge is 2.22. The number of nitro benzene ring substituents is 1. The van der Waals surface area contributed by atoms with E-state index in [9.17, 15) is 18.5 Å². The maximum Gasteiger partial charge on any atom is 0.273 e. The smallest absolute Gasteiger partial charge is 0.273 e. The highest BCUT2D eigenvalue weighted by atomic mass is 79.9. The number of nitrogens with zero attached hydrogens (tertiary/aromatic N) is 1. The molecule has 0 aliphatic heterocycles. The number of nitrogens with one attached hydrogen (secondary N) is 1. The summed E-state index contributed by atoms with van der Waals surface area (Å²) in [5.74, 6) is 0.0699. The van der Waals surface area contributed by atoms with E-state index >= 15 is 0 Å². The average molecular weight is 393 g/mol. The Bertz CT molecular complexity index is 788. The summed E-state index contributed by atoms with van der Waals surface area (Å²) in [4.78, 5) is 10.1. The third-order valence-electron chi connectivity index (χ3n) is 2.47. The van der Waals surface area contributed by atoms with Crippen LogP contribution in [0.3, 0.4) is 0 Å². The number of halogens is 1. The van der Waals surface area contributed by atoms with E-state index in [1.165, 1.54) is 19.2 Å². The van der Waals surface area contributed by atoms with Crippen LogP contribution in [0.25, 0.3) is 0 Å². The average Bonchev–Trinajstić information content (AvgIpc) is 2.85. The van der Waals surface area contributed by atoms with Crippen LogP contribution in [-0.2, 0) is 10.0 Å². The lowest BCUT2D eigenvalue weighted by molar-refractivity contribution is -0.384.